The van der Waals surface area contributed by atoms with Crippen LogP contribution in [-0.4, -0.2) is 25.2 Å². The van der Waals surface area contributed by atoms with Gasteiger partial charge in [-0.05, 0) is 25.3 Å². The smallest absolute Gasteiger partial charge is 0.243 e. The van der Waals surface area contributed by atoms with Gasteiger partial charge in [-0.25, -0.2) is 0 Å². The number of amides is 1. The molecule has 1 amide bonds. The molecule has 0 spiro atoms. The minimum absolute atomic E-state index is 0.127. The number of carbonyl (C=O) groups excluding carboxylic acids is 1. The summed E-state index contributed by atoms with van der Waals surface area (Å²) >= 11 is 0. The molecule has 1 aliphatic carbocycles. The van der Waals surface area contributed by atoms with Crippen molar-refractivity contribution in [2.45, 2.75) is 24.8 Å². The normalized spacial score (nSPS) is 25.8. The van der Waals surface area contributed by atoms with E-state index in [1.807, 2.05) is 0 Å². The molecule has 0 aromatic heterocycles. The molecular weight excluding hydrogens is 178 g/mol. The minimum Gasteiger partial charge on any atom is -0.382 e. The predicted octanol–water partition coefficient (Wildman–Crippen LogP) is 1.41. The van der Waals surface area contributed by atoms with E-state index in [1.54, 1.807) is 7.11 Å². The molecule has 0 saturated heterocycles. The van der Waals surface area contributed by atoms with Crippen molar-refractivity contribution in [3.05, 3.63) is 24.8 Å². The van der Waals surface area contributed by atoms with Crippen LogP contribution in [0.3, 0.4) is 0 Å². The molecule has 1 atom stereocenters. The summed E-state index contributed by atoms with van der Waals surface area (Å²) in [5.41, 5.74) is -0.227. The van der Waals surface area contributed by atoms with E-state index >= 15 is 0 Å². The Labute approximate surface area is 84.8 Å². The molecule has 1 N–H and O–H groups in total. The lowest BCUT2D eigenvalue weighted by atomic mass is 9.86. The number of hydrogen-bond donors (Lipinski definition) is 1. The first-order valence-electron chi connectivity index (χ1n) is 4.81. The number of ether oxygens (including phenoxy) is 1. The fraction of sp³-hybridized carbons (Fsp3) is 0.545. The lowest BCUT2D eigenvalue weighted by molar-refractivity contribution is -0.119. The Morgan fingerprint density at radius 1 is 1.71 bits per heavy atom. The Bertz CT molecular complexity index is 248. The fourth-order valence-corrected chi connectivity index (χ4v) is 1.76. The number of nitrogens with one attached hydrogen (secondary N) is 1. The molecule has 0 heterocycles. The van der Waals surface area contributed by atoms with Crippen LogP contribution in [-0.2, 0) is 9.53 Å². The van der Waals surface area contributed by atoms with E-state index < -0.39 is 0 Å². The quantitative estimate of drug-likeness (QED) is 0.544. The molecule has 3 nitrogen and oxygen atoms in total. The SMILES string of the molecule is C=CC(=O)NC1(COC)CC=CCC1. The molecule has 1 aliphatic rings. The molecule has 1 rings (SSSR count). The van der Waals surface area contributed by atoms with Crippen LogP contribution in [0, 0.1) is 0 Å². The summed E-state index contributed by atoms with van der Waals surface area (Å²) in [4.78, 5) is 11.3. The zero-order valence-electron chi connectivity index (χ0n) is 8.58. The first kappa shape index (κ1) is 11.0. The maximum atomic E-state index is 11.3. The molecule has 3 heteroatoms. The first-order chi connectivity index (χ1) is 6.72. The Morgan fingerprint density at radius 3 is 3.00 bits per heavy atom. The van der Waals surface area contributed by atoms with Gasteiger partial charge < -0.3 is 10.1 Å². The second-order valence-corrected chi connectivity index (χ2v) is 3.62. The third-order valence-electron chi connectivity index (χ3n) is 2.46. The lowest BCUT2D eigenvalue weighted by Gasteiger charge is -2.34. The second kappa shape index (κ2) is 4.96. The van der Waals surface area contributed by atoms with Crippen molar-refractivity contribution in [2.24, 2.45) is 0 Å². The van der Waals surface area contributed by atoms with E-state index in [9.17, 15) is 4.79 Å². The number of allylic oxidation sites excluding steroid dienone is 1. The predicted molar refractivity (Wildman–Crippen MR) is 55.9 cm³/mol. The van der Waals surface area contributed by atoms with Gasteiger partial charge in [-0.15, -0.1) is 0 Å². The number of carbonyl (C=O) groups is 1. The van der Waals surface area contributed by atoms with Crippen LogP contribution in [0.5, 0.6) is 0 Å². The van der Waals surface area contributed by atoms with Gasteiger partial charge in [-0.3, -0.25) is 4.79 Å². The highest BCUT2D eigenvalue weighted by Gasteiger charge is 2.30. The average molecular weight is 195 g/mol. The van der Waals surface area contributed by atoms with Crippen LogP contribution >= 0.6 is 0 Å². The maximum absolute atomic E-state index is 11.3. The summed E-state index contributed by atoms with van der Waals surface area (Å²) in [5.74, 6) is -0.127. The third kappa shape index (κ3) is 2.70. The van der Waals surface area contributed by atoms with Gasteiger partial charge in [-0.1, -0.05) is 18.7 Å². The lowest BCUT2D eigenvalue weighted by Crippen LogP contribution is -2.51. The van der Waals surface area contributed by atoms with E-state index in [-0.39, 0.29) is 11.4 Å². The summed E-state index contributed by atoms with van der Waals surface area (Å²) in [6.07, 6.45) is 8.27. The van der Waals surface area contributed by atoms with Gasteiger partial charge >= 0.3 is 0 Å². The summed E-state index contributed by atoms with van der Waals surface area (Å²) in [5, 5.41) is 2.95. The molecule has 78 valence electrons. The van der Waals surface area contributed by atoms with Gasteiger partial charge in [0.05, 0.1) is 12.1 Å². The summed E-state index contributed by atoms with van der Waals surface area (Å²) in [6.45, 7) is 4.00. The molecule has 0 radical (unpaired) electrons. The number of rotatable bonds is 4. The van der Waals surface area contributed by atoms with Crippen molar-refractivity contribution < 1.29 is 9.53 Å². The van der Waals surface area contributed by atoms with E-state index in [1.165, 1.54) is 6.08 Å². The van der Waals surface area contributed by atoms with E-state index in [2.05, 4.69) is 24.0 Å². The zero-order chi connectivity index (χ0) is 10.4. The van der Waals surface area contributed by atoms with Gasteiger partial charge in [0.1, 0.15) is 0 Å². The van der Waals surface area contributed by atoms with Crippen molar-refractivity contribution in [1.82, 2.24) is 5.32 Å². The molecule has 14 heavy (non-hydrogen) atoms. The van der Waals surface area contributed by atoms with Crippen LogP contribution in [0.25, 0.3) is 0 Å². The molecule has 0 aromatic carbocycles. The molecular formula is C11H17NO2. The molecule has 0 aliphatic heterocycles. The van der Waals surface area contributed by atoms with Crippen molar-refractivity contribution >= 4 is 5.91 Å². The summed E-state index contributed by atoms with van der Waals surface area (Å²) in [7, 11) is 1.65. The monoisotopic (exact) mass is 195 g/mol. The average Bonchev–Trinajstić information content (AvgIpc) is 2.19. The molecule has 0 saturated carbocycles. The van der Waals surface area contributed by atoms with Crippen molar-refractivity contribution in [3.8, 4) is 0 Å². The Morgan fingerprint density at radius 2 is 2.50 bits per heavy atom. The summed E-state index contributed by atoms with van der Waals surface area (Å²) in [6, 6.07) is 0. The highest BCUT2D eigenvalue weighted by atomic mass is 16.5. The van der Waals surface area contributed by atoms with E-state index in [0.29, 0.717) is 6.61 Å². The number of methoxy groups -OCH3 is 1. The maximum Gasteiger partial charge on any atom is 0.243 e. The minimum atomic E-state index is -0.227. The van der Waals surface area contributed by atoms with Crippen LogP contribution in [0.2, 0.25) is 0 Å². The highest BCUT2D eigenvalue weighted by molar-refractivity contribution is 5.87. The Balaban J connectivity index is 2.65. The number of hydrogen-bond acceptors (Lipinski definition) is 2. The van der Waals surface area contributed by atoms with E-state index in [0.717, 1.165) is 19.3 Å². The highest BCUT2D eigenvalue weighted by Crippen LogP contribution is 2.23. The fourth-order valence-electron chi connectivity index (χ4n) is 1.76. The topological polar surface area (TPSA) is 38.3 Å². The standard InChI is InChI=1S/C11H17NO2/c1-3-10(13)12-11(9-14-2)7-5-4-6-8-11/h3-5H,1,6-9H2,2H3,(H,12,13). The Kier molecular flexibility index (Phi) is 3.89. The van der Waals surface area contributed by atoms with Gasteiger partial charge in [0, 0.05) is 7.11 Å². The molecule has 1 unspecified atom stereocenters. The largest absolute Gasteiger partial charge is 0.382 e. The van der Waals surface area contributed by atoms with Crippen molar-refractivity contribution in [3.63, 3.8) is 0 Å². The van der Waals surface area contributed by atoms with Gasteiger partial charge in [0.15, 0.2) is 0 Å². The van der Waals surface area contributed by atoms with Gasteiger partial charge in [0.25, 0.3) is 0 Å². The molecule has 0 aromatic rings. The second-order valence-electron chi connectivity index (χ2n) is 3.62. The van der Waals surface area contributed by atoms with Crippen LogP contribution in [0.1, 0.15) is 19.3 Å². The van der Waals surface area contributed by atoms with Crippen LogP contribution < -0.4 is 5.32 Å². The van der Waals surface area contributed by atoms with E-state index in [4.69, 9.17) is 4.74 Å². The summed E-state index contributed by atoms with van der Waals surface area (Å²) < 4.78 is 5.15. The Hall–Kier alpha value is -1.09. The van der Waals surface area contributed by atoms with Gasteiger partial charge in [0.2, 0.25) is 5.91 Å². The first-order valence-corrected chi connectivity index (χ1v) is 4.81. The zero-order valence-corrected chi connectivity index (χ0v) is 8.58. The van der Waals surface area contributed by atoms with Gasteiger partial charge in [-0.2, -0.15) is 0 Å². The molecule has 0 fully saturated rings. The van der Waals surface area contributed by atoms with Crippen LogP contribution in [0.4, 0.5) is 0 Å². The third-order valence-corrected chi connectivity index (χ3v) is 2.46. The van der Waals surface area contributed by atoms with Crippen molar-refractivity contribution in [2.75, 3.05) is 13.7 Å². The molecule has 0 bridgehead atoms. The van der Waals surface area contributed by atoms with Crippen LogP contribution in [0.15, 0.2) is 24.8 Å². The van der Waals surface area contributed by atoms with Crippen molar-refractivity contribution in [1.29, 1.82) is 0 Å².